The second-order valence-corrected chi connectivity index (χ2v) is 8.16. The quantitative estimate of drug-likeness (QED) is 0.859. The van der Waals surface area contributed by atoms with Crippen LogP contribution in [0.25, 0.3) is 0 Å². The highest BCUT2D eigenvalue weighted by Crippen LogP contribution is 2.28. The Kier molecular flexibility index (Phi) is 4.65. The van der Waals surface area contributed by atoms with Crippen LogP contribution in [0.1, 0.15) is 22.7 Å². The maximum atomic E-state index is 14.2. The normalized spacial score (nSPS) is 20.4. The van der Waals surface area contributed by atoms with Crippen LogP contribution in [0.5, 0.6) is 0 Å². The van der Waals surface area contributed by atoms with Crippen LogP contribution in [0.3, 0.4) is 0 Å². The van der Waals surface area contributed by atoms with Crippen molar-refractivity contribution in [2.75, 3.05) is 18.1 Å². The van der Waals surface area contributed by atoms with Crippen LogP contribution in [0.15, 0.2) is 48.5 Å². The minimum atomic E-state index is -3.10. The number of hydrogen-bond donors (Lipinski definition) is 0. The van der Waals surface area contributed by atoms with Crippen molar-refractivity contribution in [1.82, 2.24) is 4.90 Å². The topological polar surface area (TPSA) is 61.2 Å². The zero-order valence-electron chi connectivity index (χ0n) is 13.0. The number of nitriles is 1. The lowest BCUT2D eigenvalue weighted by Crippen LogP contribution is -2.42. The van der Waals surface area contributed by atoms with E-state index in [2.05, 4.69) is 0 Å². The molecule has 0 aliphatic carbocycles. The van der Waals surface area contributed by atoms with Gasteiger partial charge in [0.1, 0.15) is 5.82 Å². The molecular weight excluding hydrogens is 327 g/mol. The van der Waals surface area contributed by atoms with E-state index in [9.17, 15) is 12.8 Å². The van der Waals surface area contributed by atoms with Crippen molar-refractivity contribution < 1.29 is 12.8 Å². The van der Waals surface area contributed by atoms with Gasteiger partial charge in [-0.25, -0.2) is 12.8 Å². The Labute approximate surface area is 141 Å². The summed E-state index contributed by atoms with van der Waals surface area (Å²) in [7, 11) is -3.10. The van der Waals surface area contributed by atoms with Crippen molar-refractivity contribution in [2.45, 2.75) is 12.6 Å². The van der Waals surface area contributed by atoms with Crippen molar-refractivity contribution in [3.05, 3.63) is 71.0 Å². The molecule has 4 nitrogen and oxygen atoms in total. The van der Waals surface area contributed by atoms with Gasteiger partial charge in [-0.1, -0.05) is 36.4 Å². The number of hydrogen-bond acceptors (Lipinski definition) is 4. The Bertz CT molecular complexity index is 876. The van der Waals surface area contributed by atoms with Gasteiger partial charge in [-0.15, -0.1) is 0 Å². The molecule has 0 bridgehead atoms. The van der Waals surface area contributed by atoms with Crippen LogP contribution in [-0.4, -0.2) is 31.4 Å². The van der Waals surface area contributed by atoms with E-state index < -0.39 is 15.7 Å². The first-order valence-electron chi connectivity index (χ1n) is 7.66. The standard InChI is InChI=1S/C18H17FN2O2S/c19-17-10-14(11-20)6-7-16(17)12-21-8-9-24(22,23)13-18(21)15-4-2-1-3-5-15/h1-7,10,18H,8-9,12-13H2/t18-/m0/s1. The second kappa shape index (κ2) is 6.71. The van der Waals surface area contributed by atoms with Gasteiger partial charge < -0.3 is 0 Å². The molecule has 124 valence electrons. The zero-order chi connectivity index (χ0) is 17.2. The molecule has 1 aliphatic heterocycles. The number of rotatable bonds is 3. The molecule has 3 rings (SSSR count). The molecule has 0 aromatic heterocycles. The van der Waals surface area contributed by atoms with Gasteiger partial charge in [0.05, 0.1) is 23.1 Å². The lowest BCUT2D eigenvalue weighted by Gasteiger charge is -2.35. The lowest BCUT2D eigenvalue weighted by molar-refractivity contribution is 0.204. The fourth-order valence-corrected chi connectivity index (χ4v) is 4.54. The van der Waals surface area contributed by atoms with E-state index in [0.717, 1.165) is 5.56 Å². The molecule has 6 heteroatoms. The fourth-order valence-electron chi connectivity index (χ4n) is 2.98. The molecule has 0 N–H and O–H groups in total. The molecule has 2 aromatic rings. The van der Waals surface area contributed by atoms with Gasteiger partial charge in [0, 0.05) is 24.7 Å². The first-order chi connectivity index (χ1) is 11.5. The molecule has 0 unspecified atom stereocenters. The Morgan fingerprint density at radius 2 is 1.96 bits per heavy atom. The average molecular weight is 344 g/mol. The summed E-state index contributed by atoms with van der Waals surface area (Å²) >= 11 is 0. The summed E-state index contributed by atoms with van der Waals surface area (Å²) in [6.45, 7) is 0.675. The van der Waals surface area contributed by atoms with Crippen molar-refractivity contribution in [3.8, 4) is 6.07 Å². The monoisotopic (exact) mass is 344 g/mol. The highest BCUT2D eigenvalue weighted by molar-refractivity contribution is 7.91. The van der Waals surface area contributed by atoms with Gasteiger partial charge in [-0.3, -0.25) is 4.90 Å². The molecule has 1 atom stereocenters. The molecule has 1 aliphatic rings. The van der Waals surface area contributed by atoms with Crippen LogP contribution in [0.2, 0.25) is 0 Å². The Balaban J connectivity index is 1.89. The van der Waals surface area contributed by atoms with E-state index in [4.69, 9.17) is 5.26 Å². The maximum absolute atomic E-state index is 14.2. The van der Waals surface area contributed by atoms with Crippen LogP contribution >= 0.6 is 0 Å². The molecule has 0 spiro atoms. The number of halogens is 1. The molecule has 0 saturated carbocycles. The van der Waals surface area contributed by atoms with Crippen LogP contribution in [0, 0.1) is 17.1 Å². The lowest BCUT2D eigenvalue weighted by atomic mass is 10.0. The van der Waals surface area contributed by atoms with Crippen LogP contribution < -0.4 is 0 Å². The predicted molar refractivity (Wildman–Crippen MR) is 89.4 cm³/mol. The first kappa shape index (κ1) is 16.6. The van der Waals surface area contributed by atoms with Crippen molar-refractivity contribution in [3.63, 3.8) is 0 Å². The summed E-state index contributed by atoms with van der Waals surface area (Å²) in [5.41, 5.74) is 1.65. The van der Waals surface area contributed by atoms with E-state index in [1.807, 2.05) is 41.3 Å². The minimum Gasteiger partial charge on any atom is -0.290 e. The maximum Gasteiger partial charge on any atom is 0.153 e. The summed E-state index contributed by atoms with van der Waals surface area (Å²) in [5, 5.41) is 8.83. The Morgan fingerprint density at radius 3 is 2.62 bits per heavy atom. The van der Waals surface area contributed by atoms with E-state index in [0.29, 0.717) is 18.7 Å². The summed E-state index contributed by atoms with van der Waals surface area (Å²) < 4.78 is 38.3. The highest BCUT2D eigenvalue weighted by atomic mass is 32.2. The highest BCUT2D eigenvalue weighted by Gasteiger charge is 2.32. The molecule has 1 heterocycles. The third-order valence-electron chi connectivity index (χ3n) is 4.28. The van der Waals surface area contributed by atoms with Crippen LogP contribution in [0.4, 0.5) is 4.39 Å². The number of sulfone groups is 1. The van der Waals surface area contributed by atoms with E-state index in [1.165, 1.54) is 6.07 Å². The number of benzene rings is 2. The van der Waals surface area contributed by atoms with E-state index in [-0.39, 0.29) is 23.1 Å². The van der Waals surface area contributed by atoms with Gasteiger partial charge in [-0.2, -0.15) is 5.26 Å². The SMILES string of the molecule is N#Cc1ccc(CN2CCS(=O)(=O)C[C@H]2c2ccccc2)c(F)c1. The third-order valence-corrected chi connectivity index (χ3v) is 5.91. The average Bonchev–Trinajstić information content (AvgIpc) is 2.58. The largest absolute Gasteiger partial charge is 0.290 e. The summed E-state index contributed by atoms with van der Waals surface area (Å²) in [5.74, 6) is -0.322. The Hall–Kier alpha value is -2.23. The molecule has 0 radical (unpaired) electrons. The van der Waals surface area contributed by atoms with Crippen molar-refractivity contribution >= 4 is 9.84 Å². The predicted octanol–water partition coefficient (Wildman–Crippen LogP) is 2.67. The summed E-state index contributed by atoms with van der Waals surface area (Å²) in [6.07, 6.45) is 0. The van der Waals surface area contributed by atoms with E-state index in [1.54, 1.807) is 12.1 Å². The molecule has 2 aromatic carbocycles. The minimum absolute atomic E-state index is 0.0366. The Morgan fingerprint density at radius 1 is 1.21 bits per heavy atom. The van der Waals surface area contributed by atoms with E-state index >= 15 is 0 Å². The first-order valence-corrected chi connectivity index (χ1v) is 9.48. The molecule has 0 amide bonds. The molecule has 24 heavy (non-hydrogen) atoms. The smallest absolute Gasteiger partial charge is 0.153 e. The van der Waals surface area contributed by atoms with Crippen molar-refractivity contribution in [1.29, 1.82) is 5.26 Å². The summed E-state index contributed by atoms with van der Waals surface area (Å²) in [6, 6.07) is 15.4. The van der Waals surface area contributed by atoms with Gasteiger partial charge in [-0.05, 0) is 17.7 Å². The number of nitrogens with zero attached hydrogens (tertiary/aromatic N) is 2. The summed E-state index contributed by atoms with van der Waals surface area (Å²) in [4.78, 5) is 1.99. The van der Waals surface area contributed by atoms with Gasteiger partial charge in [0.25, 0.3) is 0 Å². The fraction of sp³-hybridized carbons (Fsp3) is 0.278. The third kappa shape index (κ3) is 3.64. The van der Waals surface area contributed by atoms with Crippen molar-refractivity contribution in [2.24, 2.45) is 0 Å². The van der Waals surface area contributed by atoms with Crippen LogP contribution in [-0.2, 0) is 16.4 Å². The van der Waals surface area contributed by atoms with Gasteiger partial charge in [0.15, 0.2) is 9.84 Å². The molecule has 1 fully saturated rings. The molecule has 1 saturated heterocycles. The molecular formula is C18H17FN2O2S. The van der Waals surface area contributed by atoms with Gasteiger partial charge >= 0.3 is 0 Å². The zero-order valence-corrected chi connectivity index (χ0v) is 13.8. The van der Waals surface area contributed by atoms with Gasteiger partial charge in [0.2, 0.25) is 0 Å². The second-order valence-electron chi connectivity index (χ2n) is 5.93.